The van der Waals surface area contributed by atoms with Gasteiger partial charge in [-0.1, -0.05) is 36.4 Å². The van der Waals surface area contributed by atoms with E-state index in [1.807, 2.05) is 0 Å². The van der Waals surface area contributed by atoms with Crippen molar-refractivity contribution in [3.63, 3.8) is 0 Å². The first-order valence-electron chi connectivity index (χ1n) is 9.14. The SMILES string of the molecule is Cc1cc(Nc2c(C)cccc2C)cc(Nc2c(C)cccc2C)c1C. The Morgan fingerprint density at radius 1 is 0.538 bits per heavy atom. The van der Waals surface area contributed by atoms with Crippen molar-refractivity contribution in [1.29, 1.82) is 0 Å². The molecule has 0 spiro atoms. The van der Waals surface area contributed by atoms with Crippen LogP contribution in [0.4, 0.5) is 22.7 Å². The van der Waals surface area contributed by atoms with Crippen LogP contribution in [0.5, 0.6) is 0 Å². The molecule has 0 saturated carbocycles. The summed E-state index contributed by atoms with van der Waals surface area (Å²) in [6.45, 7) is 12.9. The van der Waals surface area contributed by atoms with Gasteiger partial charge in [-0.25, -0.2) is 0 Å². The average molecular weight is 345 g/mol. The second-order valence-electron chi connectivity index (χ2n) is 7.25. The van der Waals surface area contributed by atoms with Gasteiger partial charge in [0.15, 0.2) is 0 Å². The second-order valence-corrected chi connectivity index (χ2v) is 7.25. The molecule has 3 aromatic rings. The standard InChI is InChI=1S/C24H28N2/c1-15-9-7-10-16(2)23(15)25-21-13-19(5)20(6)22(14-21)26-24-17(3)11-8-12-18(24)4/h7-14,25-26H,1-6H3. The number of benzene rings is 3. The molecule has 0 fully saturated rings. The summed E-state index contributed by atoms with van der Waals surface area (Å²) in [5.41, 5.74) is 12.2. The molecule has 2 N–H and O–H groups in total. The van der Waals surface area contributed by atoms with E-state index in [0.29, 0.717) is 0 Å². The Labute approximate surface area is 157 Å². The lowest BCUT2D eigenvalue weighted by Crippen LogP contribution is -2.02. The molecule has 0 amide bonds. The van der Waals surface area contributed by atoms with Crippen LogP contribution in [-0.4, -0.2) is 0 Å². The molecule has 0 unspecified atom stereocenters. The van der Waals surface area contributed by atoms with Crippen molar-refractivity contribution in [1.82, 2.24) is 0 Å². The summed E-state index contributed by atoms with van der Waals surface area (Å²) < 4.78 is 0. The number of nitrogens with one attached hydrogen (secondary N) is 2. The third kappa shape index (κ3) is 3.60. The number of anilines is 4. The number of para-hydroxylation sites is 2. The van der Waals surface area contributed by atoms with Crippen LogP contribution in [0.1, 0.15) is 33.4 Å². The Hall–Kier alpha value is -2.74. The minimum absolute atomic E-state index is 1.11. The lowest BCUT2D eigenvalue weighted by atomic mass is 10.0. The fourth-order valence-corrected chi connectivity index (χ4v) is 3.36. The maximum Gasteiger partial charge on any atom is 0.0443 e. The Kier molecular flexibility index (Phi) is 5.03. The average Bonchev–Trinajstić information content (AvgIpc) is 2.58. The van der Waals surface area contributed by atoms with Gasteiger partial charge < -0.3 is 10.6 Å². The second kappa shape index (κ2) is 7.25. The maximum atomic E-state index is 3.67. The van der Waals surface area contributed by atoms with E-state index in [4.69, 9.17) is 0 Å². The van der Waals surface area contributed by atoms with E-state index in [2.05, 4.69) is 101 Å². The smallest absolute Gasteiger partial charge is 0.0443 e. The Morgan fingerprint density at radius 2 is 1.00 bits per heavy atom. The van der Waals surface area contributed by atoms with E-state index >= 15 is 0 Å². The normalized spacial score (nSPS) is 10.7. The van der Waals surface area contributed by atoms with Gasteiger partial charge in [0.25, 0.3) is 0 Å². The van der Waals surface area contributed by atoms with Gasteiger partial charge >= 0.3 is 0 Å². The van der Waals surface area contributed by atoms with Crippen LogP contribution >= 0.6 is 0 Å². The van der Waals surface area contributed by atoms with Crippen molar-refractivity contribution in [3.8, 4) is 0 Å². The number of hydrogen-bond donors (Lipinski definition) is 2. The van der Waals surface area contributed by atoms with E-state index < -0.39 is 0 Å². The first-order valence-corrected chi connectivity index (χ1v) is 9.14. The predicted octanol–water partition coefficient (Wildman–Crippen LogP) is 7.02. The molecule has 26 heavy (non-hydrogen) atoms. The third-order valence-corrected chi connectivity index (χ3v) is 5.16. The topological polar surface area (TPSA) is 24.1 Å². The number of rotatable bonds is 4. The van der Waals surface area contributed by atoms with Gasteiger partial charge in [-0.05, 0) is 87.1 Å². The molecule has 0 heterocycles. The van der Waals surface area contributed by atoms with Crippen molar-refractivity contribution in [2.75, 3.05) is 10.6 Å². The molecule has 2 nitrogen and oxygen atoms in total. The lowest BCUT2D eigenvalue weighted by Gasteiger charge is -2.19. The monoisotopic (exact) mass is 344 g/mol. The first kappa shape index (κ1) is 18.1. The van der Waals surface area contributed by atoms with Crippen molar-refractivity contribution < 1.29 is 0 Å². The van der Waals surface area contributed by atoms with Crippen LogP contribution in [0, 0.1) is 41.5 Å². The van der Waals surface area contributed by atoms with Crippen LogP contribution in [0.2, 0.25) is 0 Å². The summed E-state index contributed by atoms with van der Waals surface area (Å²) in [6, 6.07) is 17.2. The first-order chi connectivity index (χ1) is 12.4. The summed E-state index contributed by atoms with van der Waals surface area (Å²) in [4.78, 5) is 0. The predicted molar refractivity (Wildman–Crippen MR) is 114 cm³/mol. The molecule has 0 saturated heterocycles. The molecule has 0 aliphatic heterocycles. The van der Waals surface area contributed by atoms with Crippen molar-refractivity contribution in [2.24, 2.45) is 0 Å². The summed E-state index contributed by atoms with van der Waals surface area (Å²) >= 11 is 0. The van der Waals surface area contributed by atoms with Crippen LogP contribution in [-0.2, 0) is 0 Å². The number of hydrogen-bond acceptors (Lipinski definition) is 2. The zero-order valence-electron chi connectivity index (χ0n) is 16.6. The van der Waals surface area contributed by atoms with E-state index in [-0.39, 0.29) is 0 Å². The molecule has 0 bridgehead atoms. The summed E-state index contributed by atoms with van der Waals surface area (Å²) in [5, 5.41) is 7.29. The third-order valence-electron chi connectivity index (χ3n) is 5.16. The van der Waals surface area contributed by atoms with Gasteiger partial charge in [-0.2, -0.15) is 0 Å². The van der Waals surface area contributed by atoms with Gasteiger partial charge in [0.2, 0.25) is 0 Å². The highest BCUT2D eigenvalue weighted by Crippen LogP contribution is 2.32. The molecule has 0 aliphatic rings. The molecule has 0 aliphatic carbocycles. The van der Waals surface area contributed by atoms with E-state index in [0.717, 1.165) is 11.4 Å². The Bertz CT molecular complexity index is 914. The van der Waals surface area contributed by atoms with Crippen molar-refractivity contribution in [2.45, 2.75) is 41.5 Å². The van der Waals surface area contributed by atoms with Gasteiger partial charge in [0, 0.05) is 22.7 Å². The lowest BCUT2D eigenvalue weighted by molar-refractivity contribution is 1.29. The zero-order chi connectivity index (χ0) is 18.8. The maximum absolute atomic E-state index is 3.67. The molecule has 3 rings (SSSR count). The van der Waals surface area contributed by atoms with Crippen molar-refractivity contribution >= 4 is 22.7 Å². The zero-order valence-corrected chi connectivity index (χ0v) is 16.6. The highest BCUT2D eigenvalue weighted by molar-refractivity contribution is 5.76. The van der Waals surface area contributed by atoms with Crippen LogP contribution in [0.15, 0.2) is 48.5 Å². The summed E-state index contributed by atoms with van der Waals surface area (Å²) in [7, 11) is 0. The molecule has 2 heteroatoms. The molecule has 0 atom stereocenters. The summed E-state index contributed by atoms with van der Waals surface area (Å²) in [5.74, 6) is 0. The molecule has 0 aromatic heterocycles. The Balaban J connectivity index is 2.00. The van der Waals surface area contributed by atoms with E-state index in [1.165, 1.54) is 44.8 Å². The Morgan fingerprint density at radius 3 is 1.50 bits per heavy atom. The van der Waals surface area contributed by atoms with Crippen LogP contribution < -0.4 is 10.6 Å². The van der Waals surface area contributed by atoms with Gasteiger partial charge in [-0.15, -0.1) is 0 Å². The molecule has 134 valence electrons. The van der Waals surface area contributed by atoms with Gasteiger partial charge in [0.1, 0.15) is 0 Å². The fourth-order valence-electron chi connectivity index (χ4n) is 3.36. The minimum atomic E-state index is 1.11. The van der Waals surface area contributed by atoms with Gasteiger partial charge in [-0.3, -0.25) is 0 Å². The largest absolute Gasteiger partial charge is 0.355 e. The van der Waals surface area contributed by atoms with Crippen LogP contribution in [0.3, 0.4) is 0 Å². The fraction of sp³-hybridized carbons (Fsp3) is 0.250. The molecule has 0 radical (unpaired) electrons. The molecule has 3 aromatic carbocycles. The molecular weight excluding hydrogens is 316 g/mol. The summed E-state index contributed by atoms with van der Waals surface area (Å²) in [6.07, 6.45) is 0. The van der Waals surface area contributed by atoms with Crippen molar-refractivity contribution in [3.05, 3.63) is 81.9 Å². The quantitative estimate of drug-likeness (QED) is 0.531. The van der Waals surface area contributed by atoms with Gasteiger partial charge in [0.05, 0.1) is 0 Å². The highest BCUT2D eigenvalue weighted by atomic mass is 14.9. The minimum Gasteiger partial charge on any atom is -0.355 e. The van der Waals surface area contributed by atoms with E-state index in [9.17, 15) is 0 Å². The van der Waals surface area contributed by atoms with Crippen LogP contribution in [0.25, 0.3) is 0 Å². The van der Waals surface area contributed by atoms with E-state index in [1.54, 1.807) is 0 Å². The highest BCUT2D eigenvalue weighted by Gasteiger charge is 2.10. The number of aryl methyl sites for hydroxylation is 5. The molecular formula is C24H28N2.